The second-order valence-electron chi connectivity index (χ2n) is 3.80. The fourth-order valence-electron chi connectivity index (χ4n) is 2.08. The third-order valence-electron chi connectivity index (χ3n) is 2.84. The highest BCUT2D eigenvalue weighted by molar-refractivity contribution is 6.36. The summed E-state index contributed by atoms with van der Waals surface area (Å²) in [5, 5.41) is 9.32. The minimum absolute atomic E-state index is 0.0954. The molecule has 17 heavy (non-hydrogen) atoms. The van der Waals surface area contributed by atoms with E-state index in [0.29, 0.717) is 11.0 Å². The highest BCUT2D eigenvalue weighted by Crippen LogP contribution is 2.35. The van der Waals surface area contributed by atoms with Gasteiger partial charge in [-0.2, -0.15) is 0 Å². The molecular formula is C12H6O5. The van der Waals surface area contributed by atoms with Crippen LogP contribution in [-0.4, -0.2) is 22.6 Å². The molecule has 0 saturated carbocycles. The molecule has 0 fully saturated rings. The number of fused-ring (bicyclic) bond motifs is 3. The highest BCUT2D eigenvalue weighted by atomic mass is 16.4. The standard InChI is InChI=1S/C12H6O5/c13-9-7-5-3-1-2-4-6(5)17-11(7)10(14)8(9)12(15)16/h1-4,8H,(H,15,16). The molecule has 2 aromatic rings. The Morgan fingerprint density at radius 1 is 1.18 bits per heavy atom. The number of furan rings is 1. The van der Waals surface area contributed by atoms with E-state index in [0.717, 1.165) is 0 Å². The van der Waals surface area contributed by atoms with Crippen LogP contribution < -0.4 is 0 Å². The predicted octanol–water partition coefficient (Wildman–Crippen LogP) is 1.51. The molecule has 1 heterocycles. The minimum atomic E-state index is -1.65. The summed E-state index contributed by atoms with van der Waals surface area (Å²) in [6.07, 6.45) is 0. The lowest BCUT2D eigenvalue weighted by molar-refractivity contribution is -0.138. The van der Waals surface area contributed by atoms with Crippen LogP contribution in [0.3, 0.4) is 0 Å². The maximum Gasteiger partial charge on any atom is 0.322 e. The summed E-state index contributed by atoms with van der Waals surface area (Å²) < 4.78 is 5.24. The highest BCUT2D eigenvalue weighted by Gasteiger charge is 2.47. The van der Waals surface area contributed by atoms with Crippen LogP contribution >= 0.6 is 0 Å². The number of carbonyl (C=O) groups excluding carboxylic acids is 2. The number of ketones is 2. The molecule has 0 spiro atoms. The molecule has 0 saturated heterocycles. The zero-order valence-electron chi connectivity index (χ0n) is 8.47. The van der Waals surface area contributed by atoms with Gasteiger partial charge < -0.3 is 9.52 Å². The zero-order valence-corrected chi connectivity index (χ0v) is 8.47. The summed E-state index contributed by atoms with van der Waals surface area (Å²) in [6.45, 7) is 0. The number of para-hydroxylation sites is 1. The van der Waals surface area contributed by atoms with Crippen molar-refractivity contribution in [1.29, 1.82) is 0 Å². The van der Waals surface area contributed by atoms with Crippen LogP contribution in [0.5, 0.6) is 0 Å². The van der Waals surface area contributed by atoms with Crippen LogP contribution in [0, 0.1) is 5.92 Å². The van der Waals surface area contributed by atoms with Gasteiger partial charge in [-0.1, -0.05) is 18.2 Å². The van der Waals surface area contributed by atoms with Gasteiger partial charge >= 0.3 is 5.97 Å². The Balaban J connectivity index is 2.32. The number of Topliss-reactive ketones (excluding diaryl/α,β-unsaturated/α-hetero) is 2. The zero-order chi connectivity index (χ0) is 12.2. The summed E-state index contributed by atoms with van der Waals surface area (Å²) in [4.78, 5) is 34.4. The van der Waals surface area contributed by atoms with E-state index in [9.17, 15) is 14.4 Å². The van der Waals surface area contributed by atoms with Gasteiger partial charge in [0.2, 0.25) is 5.78 Å². The van der Waals surface area contributed by atoms with Gasteiger partial charge in [0.25, 0.3) is 0 Å². The van der Waals surface area contributed by atoms with Crippen molar-refractivity contribution in [2.45, 2.75) is 0 Å². The summed E-state index contributed by atoms with van der Waals surface area (Å²) in [6, 6.07) is 6.67. The summed E-state index contributed by atoms with van der Waals surface area (Å²) in [5.74, 6) is -4.68. The lowest BCUT2D eigenvalue weighted by Gasteiger charge is -1.99. The molecular weight excluding hydrogens is 224 g/mol. The molecule has 1 unspecified atom stereocenters. The van der Waals surface area contributed by atoms with Gasteiger partial charge in [0.15, 0.2) is 17.5 Å². The largest absolute Gasteiger partial charge is 0.480 e. The topological polar surface area (TPSA) is 84.6 Å². The number of benzene rings is 1. The van der Waals surface area contributed by atoms with Gasteiger partial charge in [0.1, 0.15) is 5.58 Å². The number of hydrogen-bond acceptors (Lipinski definition) is 4. The Bertz CT molecular complexity index is 679. The average molecular weight is 230 g/mol. The Morgan fingerprint density at radius 2 is 1.88 bits per heavy atom. The Morgan fingerprint density at radius 3 is 2.59 bits per heavy atom. The fraction of sp³-hybridized carbons (Fsp3) is 0.0833. The van der Waals surface area contributed by atoms with Crippen molar-refractivity contribution in [2.24, 2.45) is 5.92 Å². The molecule has 0 aliphatic heterocycles. The second-order valence-corrected chi connectivity index (χ2v) is 3.80. The van der Waals surface area contributed by atoms with E-state index in [1.54, 1.807) is 24.3 Å². The number of carboxylic acid groups (broad SMARTS) is 1. The number of aliphatic carboxylic acids is 1. The Labute approximate surface area is 94.6 Å². The monoisotopic (exact) mass is 230 g/mol. The van der Waals surface area contributed by atoms with E-state index in [1.165, 1.54) is 0 Å². The molecule has 1 aromatic carbocycles. The predicted molar refractivity (Wildman–Crippen MR) is 56.0 cm³/mol. The van der Waals surface area contributed by atoms with E-state index in [4.69, 9.17) is 9.52 Å². The van der Waals surface area contributed by atoms with Crippen LogP contribution in [0.4, 0.5) is 0 Å². The first-order chi connectivity index (χ1) is 8.11. The van der Waals surface area contributed by atoms with E-state index in [2.05, 4.69) is 0 Å². The van der Waals surface area contributed by atoms with Gasteiger partial charge in [-0.15, -0.1) is 0 Å². The van der Waals surface area contributed by atoms with Crippen LogP contribution in [0.15, 0.2) is 28.7 Å². The van der Waals surface area contributed by atoms with E-state index in [-0.39, 0.29) is 11.3 Å². The van der Waals surface area contributed by atoms with Crippen molar-refractivity contribution >= 4 is 28.5 Å². The van der Waals surface area contributed by atoms with Crippen molar-refractivity contribution in [2.75, 3.05) is 0 Å². The molecule has 0 bridgehead atoms. The van der Waals surface area contributed by atoms with Gasteiger partial charge in [-0.05, 0) is 6.07 Å². The normalized spacial score (nSPS) is 18.7. The maximum absolute atomic E-state index is 11.9. The van der Waals surface area contributed by atoms with Crippen LogP contribution in [-0.2, 0) is 4.79 Å². The Hall–Kier alpha value is -2.43. The number of rotatable bonds is 1. The lowest BCUT2D eigenvalue weighted by atomic mass is 10.0. The van der Waals surface area contributed by atoms with Crippen LogP contribution in [0.2, 0.25) is 0 Å². The lowest BCUT2D eigenvalue weighted by Crippen LogP contribution is -2.25. The third kappa shape index (κ3) is 1.10. The SMILES string of the molecule is O=C(O)C1C(=O)c2oc3ccccc3c2C1=O. The molecule has 5 heteroatoms. The quantitative estimate of drug-likeness (QED) is 0.750. The molecule has 1 N–H and O–H groups in total. The smallest absolute Gasteiger partial charge is 0.322 e. The molecule has 1 aliphatic rings. The number of hydrogen-bond donors (Lipinski definition) is 1. The van der Waals surface area contributed by atoms with Crippen LogP contribution in [0.1, 0.15) is 20.9 Å². The van der Waals surface area contributed by atoms with E-state index in [1.807, 2.05) is 0 Å². The van der Waals surface area contributed by atoms with Crippen molar-refractivity contribution in [3.8, 4) is 0 Å². The maximum atomic E-state index is 11.9. The molecule has 1 aromatic heterocycles. The minimum Gasteiger partial charge on any atom is -0.480 e. The first-order valence-electron chi connectivity index (χ1n) is 4.94. The van der Waals surface area contributed by atoms with Crippen molar-refractivity contribution in [1.82, 2.24) is 0 Å². The molecule has 0 amide bonds. The van der Waals surface area contributed by atoms with E-state index < -0.39 is 23.5 Å². The molecule has 1 aliphatic carbocycles. The first kappa shape index (κ1) is 9.77. The van der Waals surface area contributed by atoms with Gasteiger partial charge in [-0.25, -0.2) is 0 Å². The Kier molecular flexibility index (Phi) is 1.75. The van der Waals surface area contributed by atoms with Gasteiger partial charge in [0, 0.05) is 5.39 Å². The molecule has 3 rings (SSSR count). The molecule has 84 valence electrons. The summed E-state index contributed by atoms with van der Waals surface area (Å²) in [7, 11) is 0. The summed E-state index contributed by atoms with van der Waals surface area (Å²) in [5.41, 5.74) is 0.515. The molecule has 5 nitrogen and oxygen atoms in total. The average Bonchev–Trinajstić information content (AvgIpc) is 2.76. The van der Waals surface area contributed by atoms with Crippen molar-refractivity contribution in [3.63, 3.8) is 0 Å². The second kappa shape index (κ2) is 3.04. The first-order valence-corrected chi connectivity index (χ1v) is 4.94. The number of carboxylic acids is 1. The molecule has 1 atom stereocenters. The third-order valence-corrected chi connectivity index (χ3v) is 2.84. The number of carbonyl (C=O) groups is 3. The summed E-state index contributed by atoms with van der Waals surface area (Å²) >= 11 is 0. The molecule has 0 radical (unpaired) electrons. The van der Waals surface area contributed by atoms with Crippen molar-refractivity contribution in [3.05, 3.63) is 35.6 Å². The fourth-order valence-corrected chi connectivity index (χ4v) is 2.08. The van der Waals surface area contributed by atoms with Gasteiger partial charge in [0.05, 0.1) is 5.56 Å². The van der Waals surface area contributed by atoms with Gasteiger partial charge in [-0.3, -0.25) is 14.4 Å². The van der Waals surface area contributed by atoms with Crippen LogP contribution in [0.25, 0.3) is 11.0 Å². The van der Waals surface area contributed by atoms with E-state index >= 15 is 0 Å². The van der Waals surface area contributed by atoms with Crippen molar-refractivity contribution < 1.29 is 23.9 Å².